The van der Waals surface area contributed by atoms with Crippen LogP contribution in [0.4, 0.5) is 4.79 Å². The first-order chi connectivity index (χ1) is 12.7. The molecule has 7 nitrogen and oxygen atoms in total. The second-order valence-electron chi connectivity index (χ2n) is 7.64. The molecule has 1 atom stereocenters. The monoisotopic (exact) mass is 378 g/mol. The predicted molar refractivity (Wildman–Crippen MR) is 102 cm³/mol. The molecule has 0 radical (unpaired) electrons. The van der Waals surface area contributed by atoms with E-state index in [0.29, 0.717) is 36.6 Å². The molecular formula is C20H30N2O5. The van der Waals surface area contributed by atoms with E-state index in [1.54, 1.807) is 30.2 Å². The van der Waals surface area contributed by atoms with Crippen LogP contribution in [0, 0.1) is 0 Å². The Labute approximate surface area is 161 Å². The lowest BCUT2D eigenvalue weighted by Crippen LogP contribution is -2.39. The Morgan fingerprint density at radius 3 is 2.41 bits per heavy atom. The van der Waals surface area contributed by atoms with Gasteiger partial charge in [0.05, 0.1) is 14.2 Å². The molecule has 0 aromatic heterocycles. The van der Waals surface area contributed by atoms with E-state index in [2.05, 4.69) is 5.32 Å². The fourth-order valence-corrected chi connectivity index (χ4v) is 3.00. The van der Waals surface area contributed by atoms with Crippen LogP contribution in [0.15, 0.2) is 18.2 Å². The van der Waals surface area contributed by atoms with Gasteiger partial charge in [-0.3, -0.25) is 4.79 Å². The van der Waals surface area contributed by atoms with Crippen molar-refractivity contribution in [3.8, 4) is 11.5 Å². The SMILES string of the molecule is COc1ccc(C(=O)NC2CCCN(C(=O)OC(C)(C)C)CC2)cc1OC. The normalized spacial score (nSPS) is 17.7. The van der Waals surface area contributed by atoms with Crippen LogP contribution in [0.2, 0.25) is 0 Å². The molecule has 0 spiro atoms. The minimum atomic E-state index is -0.509. The van der Waals surface area contributed by atoms with Gasteiger partial charge in [0.2, 0.25) is 0 Å². The highest BCUT2D eigenvalue weighted by atomic mass is 16.6. The second kappa shape index (κ2) is 8.97. The summed E-state index contributed by atoms with van der Waals surface area (Å²) in [5.41, 5.74) is 0.00522. The molecule has 1 saturated heterocycles. The second-order valence-corrected chi connectivity index (χ2v) is 7.64. The maximum atomic E-state index is 12.6. The van der Waals surface area contributed by atoms with Crippen molar-refractivity contribution < 1.29 is 23.8 Å². The van der Waals surface area contributed by atoms with Crippen LogP contribution >= 0.6 is 0 Å². The average Bonchev–Trinajstić information content (AvgIpc) is 2.85. The first-order valence-corrected chi connectivity index (χ1v) is 9.24. The molecule has 1 aromatic rings. The molecule has 2 amide bonds. The lowest BCUT2D eigenvalue weighted by atomic mass is 10.1. The van der Waals surface area contributed by atoms with E-state index in [1.807, 2.05) is 20.8 Å². The van der Waals surface area contributed by atoms with E-state index in [-0.39, 0.29) is 18.0 Å². The Kier molecular flexibility index (Phi) is 6.93. The van der Waals surface area contributed by atoms with Crippen molar-refractivity contribution in [2.24, 2.45) is 0 Å². The molecule has 27 heavy (non-hydrogen) atoms. The van der Waals surface area contributed by atoms with E-state index in [1.165, 1.54) is 7.11 Å². The number of likely N-dealkylation sites (tertiary alicyclic amines) is 1. The summed E-state index contributed by atoms with van der Waals surface area (Å²) in [6, 6.07) is 5.10. The summed E-state index contributed by atoms with van der Waals surface area (Å²) < 4.78 is 15.9. The topological polar surface area (TPSA) is 77.1 Å². The highest BCUT2D eigenvalue weighted by molar-refractivity contribution is 5.95. The fraction of sp³-hybridized carbons (Fsp3) is 0.600. The van der Waals surface area contributed by atoms with Gasteiger partial charge in [-0.25, -0.2) is 4.79 Å². The molecule has 0 bridgehead atoms. The Hall–Kier alpha value is -2.44. The molecule has 2 rings (SSSR count). The maximum Gasteiger partial charge on any atom is 0.410 e. The van der Waals surface area contributed by atoms with Crippen LogP contribution in [-0.2, 0) is 4.74 Å². The van der Waals surface area contributed by atoms with Crippen LogP contribution in [0.25, 0.3) is 0 Å². The number of hydrogen-bond acceptors (Lipinski definition) is 5. The largest absolute Gasteiger partial charge is 0.493 e. The molecule has 150 valence electrons. The molecular weight excluding hydrogens is 348 g/mol. The Balaban J connectivity index is 1.94. The number of carbonyl (C=O) groups excluding carboxylic acids is 2. The first-order valence-electron chi connectivity index (χ1n) is 9.24. The molecule has 1 N–H and O–H groups in total. The van der Waals surface area contributed by atoms with Gasteiger partial charge < -0.3 is 24.4 Å². The van der Waals surface area contributed by atoms with Crippen molar-refractivity contribution in [2.75, 3.05) is 27.3 Å². The number of ether oxygens (including phenoxy) is 3. The van der Waals surface area contributed by atoms with E-state index in [4.69, 9.17) is 14.2 Å². The van der Waals surface area contributed by atoms with Crippen molar-refractivity contribution >= 4 is 12.0 Å². The predicted octanol–water partition coefficient (Wildman–Crippen LogP) is 3.22. The van der Waals surface area contributed by atoms with Gasteiger partial charge in [-0.05, 0) is 58.2 Å². The van der Waals surface area contributed by atoms with Gasteiger partial charge in [0.1, 0.15) is 5.60 Å². The summed E-state index contributed by atoms with van der Waals surface area (Å²) in [5.74, 6) is 0.935. The van der Waals surface area contributed by atoms with Crippen LogP contribution in [-0.4, -0.2) is 55.9 Å². The number of hydrogen-bond donors (Lipinski definition) is 1. The summed E-state index contributed by atoms with van der Waals surface area (Å²) in [5, 5.41) is 3.06. The summed E-state index contributed by atoms with van der Waals surface area (Å²) in [4.78, 5) is 26.5. The van der Waals surface area contributed by atoms with Crippen molar-refractivity contribution in [2.45, 2.75) is 51.7 Å². The van der Waals surface area contributed by atoms with E-state index in [0.717, 1.165) is 12.8 Å². The van der Waals surface area contributed by atoms with Gasteiger partial charge >= 0.3 is 6.09 Å². The number of methoxy groups -OCH3 is 2. The van der Waals surface area contributed by atoms with E-state index < -0.39 is 5.60 Å². The number of nitrogens with one attached hydrogen (secondary N) is 1. The van der Waals surface area contributed by atoms with Gasteiger partial charge in [-0.15, -0.1) is 0 Å². The van der Waals surface area contributed by atoms with Crippen molar-refractivity contribution in [3.05, 3.63) is 23.8 Å². The molecule has 1 aromatic carbocycles. The minimum Gasteiger partial charge on any atom is -0.493 e. The Morgan fingerprint density at radius 1 is 1.07 bits per heavy atom. The highest BCUT2D eigenvalue weighted by Crippen LogP contribution is 2.27. The molecule has 1 heterocycles. The quantitative estimate of drug-likeness (QED) is 0.870. The lowest BCUT2D eigenvalue weighted by molar-refractivity contribution is 0.0256. The number of carbonyl (C=O) groups is 2. The van der Waals surface area contributed by atoms with Gasteiger partial charge in [-0.1, -0.05) is 0 Å². The molecule has 1 fully saturated rings. The van der Waals surface area contributed by atoms with Crippen LogP contribution < -0.4 is 14.8 Å². The molecule has 1 aliphatic rings. The van der Waals surface area contributed by atoms with Crippen molar-refractivity contribution in [1.29, 1.82) is 0 Å². The zero-order chi connectivity index (χ0) is 20.0. The smallest absolute Gasteiger partial charge is 0.410 e. The standard InChI is InChI=1S/C20H30N2O5/c1-20(2,3)27-19(24)22-11-6-7-15(10-12-22)21-18(23)14-8-9-16(25-4)17(13-14)26-5/h8-9,13,15H,6-7,10-12H2,1-5H3,(H,21,23). The summed E-state index contributed by atoms with van der Waals surface area (Å²) in [6.07, 6.45) is 2.03. The van der Waals surface area contributed by atoms with Crippen LogP contribution in [0.1, 0.15) is 50.4 Å². The van der Waals surface area contributed by atoms with Crippen LogP contribution in [0.5, 0.6) is 11.5 Å². The van der Waals surface area contributed by atoms with Crippen molar-refractivity contribution in [3.63, 3.8) is 0 Å². The Bertz CT molecular complexity index is 669. The zero-order valence-corrected chi connectivity index (χ0v) is 16.8. The minimum absolute atomic E-state index is 0.0121. The molecule has 0 aliphatic carbocycles. The van der Waals surface area contributed by atoms with Gasteiger partial charge in [0.25, 0.3) is 5.91 Å². The number of nitrogens with zero attached hydrogens (tertiary/aromatic N) is 1. The third kappa shape index (κ3) is 6.05. The van der Waals surface area contributed by atoms with E-state index >= 15 is 0 Å². The van der Waals surface area contributed by atoms with E-state index in [9.17, 15) is 9.59 Å². The lowest BCUT2D eigenvalue weighted by Gasteiger charge is -2.26. The number of amides is 2. The zero-order valence-electron chi connectivity index (χ0n) is 16.8. The third-order valence-corrected chi connectivity index (χ3v) is 4.36. The molecule has 1 unspecified atom stereocenters. The maximum absolute atomic E-state index is 12.6. The third-order valence-electron chi connectivity index (χ3n) is 4.36. The number of benzene rings is 1. The van der Waals surface area contributed by atoms with Gasteiger partial charge in [-0.2, -0.15) is 0 Å². The first kappa shape index (κ1) is 20.9. The van der Waals surface area contributed by atoms with Crippen LogP contribution in [0.3, 0.4) is 0 Å². The average molecular weight is 378 g/mol. The van der Waals surface area contributed by atoms with Crippen molar-refractivity contribution in [1.82, 2.24) is 10.2 Å². The molecule has 7 heteroatoms. The summed E-state index contributed by atoms with van der Waals surface area (Å²) in [7, 11) is 3.09. The number of rotatable bonds is 4. The van der Waals surface area contributed by atoms with Gasteiger partial charge in [0, 0.05) is 24.7 Å². The highest BCUT2D eigenvalue weighted by Gasteiger charge is 2.26. The summed E-state index contributed by atoms with van der Waals surface area (Å²) in [6.45, 7) is 6.77. The summed E-state index contributed by atoms with van der Waals surface area (Å²) >= 11 is 0. The molecule has 0 saturated carbocycles. The van der Waals surface area contributed by atoms with Gasteiger partial charge in [0.15, 0.2) is 11.5 Å². The Morgan fingerprint density at radius 2 is 1.78 bits per heavy atom. The fourth-order valence-electron chi connectivity index (χ4n) is 3.00. The molecule has 1 aliphatic heterocycles.